The highest BCUT2D eigenvalue weighted by Crippen LogP contribution is 2.40. The summed E-state index contributed by atoms with van der Waals surface area (Å²) in [6, 6.07) is 67.3. The second-order valence-electron chi connectivity index (χ2n) is 13.7. The standard InChI is InChI=1S/C49H30N4/c50-31-32-24-26-48-41(28-32)39-17-4-9-22-46(39)51(48)34-13-11-12-33(29-34)36-14-1-6-19-43(36)53-47-23-10-5-18-40(47)42-30-35(25-27-49(42)53)52-44-20-7-2-15-37(44)38-16-3-8-21-45(38)52/h1-30H. The lowest BCUT2D eigenvalue weighted by molar-refractivity contribution is 1.16. The van der Waals surface area contributed by atoms with Crippen molar-refractivity contribution in [3.8, 4) is 34.3 Å². The molecular weight excluding hydrogens is 645 g/mol. The third-order valence-corrected chi connectivity index (χ3v) is 10.9. The summed E-state index contributed by atoms with van der Waals surface area (Å²) in [4.78, 5) is 0. The molecule has 3 heterocycles. The van der Waals surface area contributed by atoms with Gasteiger partial charge in [0.25, 0.3) is 0 Å². The summed E-state index contributed by atoms with van der Waals surface area (Å²) in [6.07, 6.45) is 0. The number of nitriles is 1. The number of nitrogens with zero attached hydrogens (tertiary/aromatic N) is 4. The molecule has 246 valence electrons. The monoisotopic (exact) mass is 674 g/mol. The molecule has 0 fully saturated rings. The minimum atomic E-state index is 0.663. The minimum Gasteiger partial charge on any atom is -0.309 e. The van der Waals surface area contributed by atoms with E-state index in [0.717, 1.165) is 55.5 Å². The van der Waals surface area contributed by atoms with Crippen LogP contribution in [0.4, 0.5) is 0 Å². The van der Waals surface area contributed by atoms with Crippen LogP contribution >= 0.6 is 0 Å². The molecule has 0 atom stereocenters. The summed E-state index contributed by atoms with van der Waals surface area (Å²) in [6.45, 7) is 0. The molecule has 0 bridgehead atoms. The third kappa shape index (κ3) is 4.29. The topological polar surface area (TPSA) is 38.6 Å². The van der Waals surface area contributed by atoms with E-state index in [9.17, 15) is 5.26 Å². The van der Waals surface area contributed by atoms with Gasteiger partial charge in [-0.15, -0.1) is 0 Å². The molecule has 0 saturated carbocycles. The Labute approximate surface area is 305 Å². The first-order chi connectivity index (χ1) is 26.3. The van der Waals surface area contributed by atoms with E-state index in [1.54, 1.807) is 0 Å². The van der Waals surface area contributed by atoms with E-state index >= 15 is 0 Å². The van der Waals surface area contributed by atoms with Crippen LogP contribution in [0.2, 0.25) is 0 Å². The van der Waals surface area contributed by atoms with Crippen LogP contribution in [0, 0.1) is 11.3 Å². The van der Waals surface area contributed by atoms with Crippen LogP contribution in [0.15, 0.2) is 182 Å². The van der Waals surface area contributed by atoms with Gasteiger partial charge in [-0.05, 0) is 84.4 Å². The molecule has 8 aromatic carbocycles. The molecular formula is C49H30N4. The second-order valence-corrected chi connectivity index (χ2v) is 13.7. The molecule has 0 aliphatic rings. The highest BCUT2D eigenvalue weighted by molar-refractivity contribution is 6.13. The van der Waals surface area contributed by atoms with Crippen LogP contribution in [0.5, 0.6) is 0 Å². The fraction of sp³-hybridized carbons (Fsp3) is 0. The van der Waals surface area contributed by atoms with Crippen LogP contribution in [-0.2, 0) is 0 Å². The third-order valence-electron chi connectivity index (χ3n) is 10.9. The number of fused-ring (bicyclic) bond motifs is 9. The fourth-order valence-electron chi connectivity index (χ4n) is 8.61. The lowest BCUT2D eigenvalue weighted by atomic mass is 10.0. The zero-order valence-electron chi connectivity index (χ0n) is 28.6. The zero-order valence-corrected chi connectivity index (χ0v) is 28.6. The van der Waals surface area contributed by atoms with Crippen LogP contribution in [0.25, 0.3) is 93.6 Å². The van der Waals surface area contributed by atoms with Gasteiger partial charge in [0.15, 0.2) is 0 Å². The van der Waals surface area contributed by atoms with Crippen LogP contribution < -0.4 is 0 Å². The lowest BCUT2D eigenvalue weighted by Gasteiger charge is -2.16. The Balaban J connectivity index is 1.12. The number of hydrogen-bond acceptors (Lipinski definition) is 1. The average molecular weight is 675 g/mol. The Bertz CT molecular complexity index is 3260. The van der Waals surface area contributed by atoms with Crippen molar-refractivity contribution in [2.24, 2.45) is 0 Å². The van der Waals surface area contributed by atoms with Gasteiger partial charge < -0.3 is 13.7 Å². The van der Waals surface area contributed by atoms with E-state index in [4.69, 9.17) is 0 Å². The van der Waals surface area contributed by atoms with E-state index in [1.165, 1.54) is 38.1 Å². The van der Waals surface area contributed by atoms with Gasteiger partial charge in [-0.1, -0.05) is 103 Å². The largest absolute Gasteiger partial charge is 0.309 e. The zero-order chi connectivity index (χ0) is 35.0. The van der Waals surface area contributed by atoms with Gasteiger partial charge >= 0.3 is 0 Å². The van der Waals surface area contributed by atoms with Gasteiger partial charge in [-0.25, -0.2) is 0 Å². The van der Waals surface area contributed by atoms with Crippen molar-refractivity contribution in [2.75, 3.05) is 0 Å². The summed E-state index contributed by atoms with van der Waals surface area (Å²) >= 11 is 0. The number of aromatic nitrogens is 3. The molecule has 0 spiro atoms. The van der Waals surface area contributed by atoms with Gasteiger partial charge in [0.2, 0.25) is 0 Å². The first-order valence-corrected chi connectivity index (χ1v) is 17.9. The smallest absolute Gasteiger partial charge is 0.0991 e. The van der Waals surface area contributed by atoms with Crippen LogP contribution in [0.3, 0.4) is 0 Å². The average Bonchev–Trinajstić information content (AvgIpc) is 3.86. The van der Waals surface area contributed by atoms with Crippen LogP contribution in [0.1, 0.15) is 5.56 Å². The van der Waals surface area contributed by atoms with Gasteiger partial charge in [-0.3, -0.25) is 0 Å². The van der Waals surface area contributed by atoms with Crippen molar-refractivity contribution in [2.45, 2.75) is 0 Å². The number of benzene rings is 8. The maximum absolute atomic E-state index is 9.67. The fourth-order valence-corrected chi connectivity index (χ4v) is 8.61. The molecule has 11 aromatic rings. The van der Waals surface area contributed by atoms with Crippen molar-refractivity contribution >= 4 is 65.4 Å². The Hall–Kier alpha value is -7.35. The Morgan fingerprint density at radius 3 is 1.45 bits per heavy atom. The number of hydrogen-bond donors (Lipinski definition) is 0. The van der Waals surface area contributed by atoms with Crippen LogP contribution in [-0.4, -0.2) is 13.7 Å². The van der Waals surface area contributed by atoms with E-state index in [0.29, 0.717) is 5.56 Å². The molecule has 3 aromatic heterocycles. The molecule has 11 rings (SSSR count). The highest BCUT2D eigenvalue weighted by Gasteiger charge is 2.19. The molecule has 4 heteroatoms. The molecule has 0 aliphatic heterocycles. The maximum atomic E-state index is 9.67. The predicted octanol–water partition coefficient (Wildman–Crippen LogP) is 12.5. The molecule has 0 unspecified atom stereocenters. The van der Waals surface area contributed by atoms with Crippen molar-refractivity contribution < 1.29 is 0 Å². The van der Waals surface area contributed by atoms with Crippen molar-refractivity contribution in [3.05, 3.63) is 188 Å². The first kappa shape index (κ1) is 29.4. The quantitative estimate of drug-likeness (QED) is 0.183. The second kappa shape index (κ2) is 11.3. The highest BCUT2D eigenvalue weighted by atomic mass is 15.0. The van der Waals surface area contributed by atoms with E-state index < -0.39 is 0 Å². The molecule has 4 nitrogen and oxygen atoms in total. The van der Waals surface area contributed by atoms with Gasteiger partial charge in [0, 0.05) is 49.3 Å². The van der Waals surface area contributed by atoms with Gasteiger partial charge in [-0.2, -0.15) is 5.26 Å². The minimum absolute atomic E-state index is 0.663. The maximum Gasteiger partial charge on any atom is 0.0991 e. The van der Waals surface area contributed by atoms with Crippen molar-refractivity contribution in [1.29, 1.82) is 5.26 Å². The molecule has 53 heavy (non-hydrogen) atoms. The summed E-state index contributed by atoms with van der Waals surface area (Å²) in [5, 5.41) is 16.8. The number of rotatable bonds is 4. The molecule has 0 N–H and O–H groups in total. The molecule has 0 amide bonds. The Morgan fingerprint density at radius 1 is 0.340 bits per heavy atom. The Kier molecular flexibility index (Phi) is 6.28. The van der Waals surface area contributed by atoms with Crippen molar-refractivity contribution in [1.82, 2.24) is 13.7 Å². The van der Waals surface area contributed by atoms with Crippen molar-refractivity contribution in [3.63, 3.8) is 0 Å². The number of para-hydroxylation sites is 5. The Morgan fingerprint density at radius 2 is 0.811 bits per heavy atom. The lowest BCUT2D eigenvalue weighted by Crippen LogP contribution is -1.99. The van der Waals surface area contributed by atoms with E-state index in [1.807, 2.05) is 12.1 Å². The SMILES string of the molecule is N#Cc1ccc2c(c1)c1ccccc1n2-c1cccc(-c2ccccc2-n2c3ccccc3c3cc(-n4c5ccccc5c5ccccc54)ccc32)c1. The van der Waals surface area contributed by atoms with Gasteiger partial charge in [0.05, 0.1) is 50.4 Å². The molecule has 0 radical (unpaired) electrons. The molecule has 0 saturated heterocycles. The summed E-state index contributed by atoms with van der Waals surface area (Å²) in [5.74, 6) is 0. The normalized spacial score (nSPS) is 11.8. The first-order valence-electron chi connectivity index (χ1n) is 17.9. The van der Waals surface area contributed by atoms with Gasteiger partial charge in [0.1, 0.15) is 0 Å². The predicted molar refractivity (Wildman–Crippen MR) is 220 cm³/mol. The summed E-state index contributed by atoms with van der Waals surface area (Å²) < 4.78 is 7.13. The van der Waals surface area contributed by atoms with E-state index in [-0.39, 0.29) is 0 Å². The summed E-state index contributed by atoms with van der Waals surface area (Å²) in [5.41, 5.74) is 13.2. The molecule has 0 aliphatic carbocycles. The summed E-state index contributed by atoms with van der Waals surface area (Å²) in [7, 11) is 0. The van der Waals surface area contributed by atoms with E-state index in [2.05, 4.69) is 190 Å².